The van der Waals surface area contributed by atoms with E-state index < -0.39 is 0 Å². The van der Waals surface area contributed by atoms with E-state index in [2.05, 4.69) is 16.0 Å². The lowest BCUT2D eigenvalue weighted by Crippen LogP contribution is -1.98. The van der Waals surface area contributed by atoms with E-state index in [1.165, 1.54) is 0 Å². The lowest BCUT2D eigenvalue weighted by atomic mass is 9.93. The Bertz CT molecular complexity index is 1440. The summed E-state index contributed by atoms with van der Waals surface area (Å²) in [5.74, 6) is 2.14. The number of nitrogens with two attached hydrogens (primary N) is 1. The predicted octanol–water partition coefficient (Wildman–Crippen LogP) is 4.61. The van der Waals surface area contributed by atoms with Crippen LogP contribution in [0, 0.1) is 0 Å². The zero-order valence-corrected chi connectivity index (χ0v) is 17.3. The minimum atomic E-state index is 0.463. The third-order valence-electron chi connectivity index (χ3n) is 5.49. The number of nitrogens with zero attached hydrogens (tertiary/aromatic N) is 3. The van der Waals surface area contributed by atoms with Crippen LogP contribution in [0.3, 0.4) is 0 Å². The molecule has 0 bridgehead atoms. The first-order valence-corrected chi connectivity index (χ1v) is 9.66. The van der Waals surface area contributed by atoms with Crippen molar-refractivity contribution < 1.29 is 14.2 Å². The van der Waals surface area contributed by atoms with Crippen LogP contribution < -0.4 is 19.9 Å². The fourth-order valence-corrected chi connectivity index (χ4v) is 4.08. The first-order valence-electron chi connectivity index (χ1n) is 9.66. The van der Waals surface area contributed by atoms with Gasteiger partial charge in [0, 0.05) is 51.7 Å². The summed E-state index contributed by atoms with van der Waals surface area (Å²) in [4.78, 5) is 13.4. The molecular formula is C24H20N4O3. The van der Waals surface area contributed by atoms with E-state index in [0.29, 0.717) is 23.1 Å². The summed E-state index contributed by atoms with van der Waals surface area (Å²) in [7, 11) is 4.79. The lowest BCUT2D eigenvalue weighted by molar-refractivity contribution is 0.324. The Morgan fingerprint density at radius 2 is 1.45 bits per heavy atom. The number of aromatic nitrogens is 3. The van der Waals surface area contributed by atoms with Gasteiger partial charge in [-0.2, -0.15) is 0 Å². The number of hydrogen-bond acceptors (Lipinski definition) is 7. The Kier molecular flexibility index (Phi) is 4.43. The summed E-state index contributed by atoms with van der Waals surface area (Å²) >= 11 is 0. The standard InChI is InChI=1S/C24H20N4O3/c1-29-19-9-13(10-20(30-2)23(19)31-3)17-8-14-11-26-6-4-15(14)22-21(17)18-12-27-7-5-16(18)24(25)28-22/h4-12H,1-3H3,(H2,25,28). The van der Waals surface area contributed by atoms with Crippen LogP contribution in [-0.4, -0.2) is 36.3 Å². The number of rotatable bonds is 4. The lowest BCUT2D eigenvalue weighted by Gasteiger charge is -2.17. The van der Waals surface area contributed by atoms with E-state index in [-0.39, 0.29) is 0 Å². The third kappa shape index (κ3) is 2.85. The highest BCUT2D eigenvalue weighted by molar-refractivity contribution is 6.22. The van der Waals surface area contributed by atoms with Gasteiger partial charge in [0.05, 0.1) is 26.8 Å². The van der Waals surface area contributed by atoms with Gasteiger partial charge in [0.2, 0.25) is 5.75 Å². The Balaban J connectivity index is 1.99. The van der Waals surface area contributed by atoms with Crippen LogP contribution in [0.1, 0.15) is 0 Å². The van der Waals surface area contributed by atoms with Crippen molar-refractivity contribution in [2.75, 3.05) is 27.1 Å². The van der Waals surface area contributed by atoms with Crippen molar-refractivity contribution in [3.63, 3.8) is 0 Å². The predicted molar refractivity (Wildman–Crippen MR) is 122 cm³/mol. The highest BCUT2D eigenvalue weighted by Gasteiger charge is 2.19. The number of anilines is 1. The summed E-state index contributed by atoms with van der Waals surface area (Å²) in [6, 6.07) is 9.78. The van der Waals surface area contributed by atoms with Gasteiger partial charge >= 0.3 is 0 Å². The highest BCUT2D eigenvalue weighted by atomic mass is 16.5. The van der Waals surface area contributed by atoms with Gasteiger partial charge in [0.25, 0.3) is 0 Å². The zero-order chi connectivity index (χ0) is 21.5. The second kappa shape index (κ2) is 7.28. The summed E-state index contributed by atoms with van der Waals surface area (Å²) in [5, 5.41) is 4.65. The third-order valence-corrected chi connectivity index (χ3v) is 5.49. The fourth-order valence-electron chi connectivity index (χ4n) is 4.08. The molecule has 0 aliphatic rings. The van der Waals surface area contributed by atoms with Gasteiger partial charge in [-0.1, -0.05) is 0 Å². The molecule has 0 aliphatic carbocycles. The smallest absolute Gasteiger partial charge is 0.203 e. The van der Waals surface area contributed by atoms with Crippen LogP contribution >= 0.6 is 0 Å². The van der Waals surface area contributed by atoms with Gasteiger partial charge in [-0.05, 0) is 41.5 Å². The Hall–Kier alpha value is -4.13. The maximum atomic E-state index is 6.32. The number of hydrogen-bond donors (Lipinski definition) is 1. The minimum absolute atomic E-state index is 0.463. The molecule has 2 aromatic carbocycles. The molecule has 0 unspecified atom stereocenters. The van der Waals surface area contributed by atoms with Crippen LogP contribution in [0.15, 0.2) is 55.1 Å². The van der Waals surface area contributed by atoms with Gasteiger partial charge < -0.3 is 19.9 Å². The van der Waals surface area contributed by atoms with E-state index in [4.69, 9.17) is 24.9 Å². The molecule has 7 heteroatoms. The molecule has 0 atom stereocenters. The zero-order valence-electron chi connectivity index (χ0n) is 17.3. The van der Waals surface area contributed by atoms with Gasteiger partial charge in [0.1, 0.15) is 5.82 Å². The van der Waals surface area contributed by atoms with E-state index in [1.807, 2.05) is 36.7 Å². The number of nitrogen functional groups attached to an aromatic ring is 1. The van der Waals surface area contributed by atoms with Gasteiger partial charge in [-0.3, -0.25) is 9.97 Å². The molecule has 7 nitrogen and oxygen atoms in total. The molecule has 31 heavy (non-hydrogen) atoms. The molecule has 0 fully saturated rings. The molecule has 3 heterocycles. The summed E-state index contributed by atoms with van der Waals surface area (Å²) in [5.41, 5.74) is 8.95. The SMILES string of the molecule is COc1cc(-c2cc3cnccc3c3nc(N)c4ccncc4c23)cc(OC)c1OC. The average Bonchev–Trinajstić information content (AvgIpc) is 2.82. The second-order valence-corrected chi connectivity index (χ2v) is 7.08. The summed E-state index contributed by atoms with van der Waals surface area (Å²) in [6.07, 6.45) is 7.12. The van der Waals surface area contributed by atoms with Crippen LogP contribution in [0.4, 0.5) is 5.82 Å². The molecule has 5 rings (SSSR count). The number of ether oxygens (including phenoxy) is 3. The Morgan fingerprint density at radius 1 is 0.774 bits per heavy atom. The van der Waals surface area contributed by atoms with E-state index >= 15 is 0 Å². The van der Waals surface area contributed by atoms with Crippen molar-refractivity contribution in [2.24, 2.45) is 0 Å². The van der Waals surface area contributed by atoms with Crippen LogP contribution in [0.25, 0.3) is 43.6 Å². The van der Waals surface area contributed by atoms with Crippen molar-refractivity contribution in [1.82, 2.24) is 15.0 Å². The molecular weight excluding hydrogens is 392 g/mol. The van der Waals surface area contributed by atoms with Crippen molar-refractivity contribution in [1.29, 1.82) is 0 Å². The molecule has 154 valence electrons. The summed E-state index contributed by atoms with van der Waals surface area (Å²) < 4.78 is 16.7. The number of fused-ring (bicyclic) bond motifs is 5. The van der Waals surface area contributed by atoms with Gasteiger partial charge in [-0.15, -0.1) is 0 Å². The number of methoxy groups -OCH3 is 3. The van der Waals surface area contributed by atoms with Gasteiger partial charge in [-0.25, -0.2) is 4.98 Å². The van der Waals surface area contributed by atoms with E-state index in [9.17, 15) is 0 Å². The van der Waals surface area contributed by atoms with Crippen LogP contribution in [0.2, 0.25) is 0 Å². The summed E-state index contributed by atoms with van der Waals surface area (Å²) in [6.45, 7) is 0. The Morgan fingerprint density at radius 3 is 2.13 bits per heavy atom. The molecule has 0 amide bonds. The largest absolute Gasteiger partial charge is 0.493 e. The molecule has 3 aromatic heterocycles. The quantitative estimate of drug-likeness (QED) is 0.431. The molecule has 0 aliphatic heterocycles. The van der Waals surface area contributed by atoms with E-state index in [0.717, 1.165) is 43.6 Å². The van der Waals surface area contributed by atoms with Crippen LogP contribution in [0.5, 0.6) is 17.2 Å². The van der Waals surface area contributed by atoms with Gasteiger partial charge in [0.15, 0.2) is 11.5 Å². The van der Waals surface area contributed by atoms with Crippen molar-refractivity contribution >= 4 is 38.3 Å². The first-order chi connectivity index (χ1) is 15.2. The Labute approximate surface area is 178 Å². The van der Waals surface area contributed by atoms with Crippen LogP contribution in [-0.2, 0) is 0 Å². The molecule has 2 N–H and O–H groups in total. The maximum Gasteiger partial charge on any atom is 0.203 e. The normalized spacial score (nSPS) is 11.2. The second-order valence-electron chi connectivity index (χ2n) is 7.08. The minimum Gasteiger partial charge on any atom is -0.493 e. The number of pyridine rings is 3. The maximum absolute atomic E-state index is 6.32. The molecule has 0 saturated carbocycles. The van der Waals surface area contributed by atoms with E-state index in [1.54, 1.807) is 33.7 Å². The van der Waals surface area contributed by atoms with Crippen molar-refractivity contribution in [2.45, 2.75) is 0 Å². The molecule has 5 aromatic rings. The highest BCUT2D eigenvalue weighted by Crippen LogP contribution is 2.45. The van der Waals surface area contributed by atoms with Crippen molar-refractivity contribution in [3.05, 3.63) is 55.1 Å². The number of benzene rings is 2. The fraction of sp³-hybridized carbons (Fsp3) is 0.125. The molecule has 0 radical (unpaired) electrons. The molecule has 0 saturated heterocycles. The topological polar surface area (TPSA) is 92.4 Å². The molecule has 0 spiro atoms. The first kappa shape index (κ1) is 18.9. The van der Waals surface area contributed by atoms with Crippen molar-refractivity contribution in [3.8, 4) is 28.4 Å². The average molecular weight is 412 g/mol. The monoisotopic (exact) mass is 412 g/mol.